The molecule has 50 heavy (non-hydrogen) atoms. The van der Waals surface area contributed by atoms with E-state index in [1.807, 2.05) is 0 Å². The van der Waals surface area contributed by atoms with Crippen molar-refractivity contribution < 1.29 is 33.3 Å². The Hall–Kier alpha value is -1.18. The zero-order chi connectivity index (χ0) is 36.4. The van der Waals surface area contributed by atoms with Crippen LogP contribution >= 0.6 is 0 Å². The van der Waals surface area contributed by atoms with Gasteiger partial charge in [-0.15, -0.1) is 0 Å². The van der Waals surface area contributed by atoms with Crippen molar-refractivity contribution in [1.82, 2.24) is 0 Å². The summed E-state index contributed by atoms with van der Waals surface area (Å²) in [6, 6.07) is 0. The second-order valence-corrected chi connectivity index (χ2v) is 14.5. The van der Waals surface area contributed by atoms with Gasteiger partial charge in [0.2, 0.25) is 0 Å². The first-order chi connectivity index (χ1) is 24.6. The first-order valence-electron chi connectivity index (χ1n) is 21.6. The topological polar surface area (TPSA) is 80.3 Å². The van der Waals surface area contributed by atoms with E-state index in [2.05, 4.69) is 13.8 Å². The van der Waals surface area contributed by atoms with Gasteiger partial charge in [-0.3, -0.25) is 9.59 Å². The Morgan fingerprint density at radius 2 is 0.740 bits per heavy atom. The van der Waals surface area contributed by atoms with Gasteiger partial charge in [0, 0.05) is 20.0 Å². The van der Waals surface area contributed by atoms with E-state index in [0.29, 0.717) is 39.3 Å². The van der Waals surface area contributed by atoms with Crippen LogP contribution in [0, 0.1) is 0 Å². The molecule has 0 aromatic rings. The van der Waals surface area contributed by atoms with Crippen LogP contribution in [-0.4, -0.2) is 64.8 Å². The number of unbranched alkanes of at least 4 members (excludes halogenated alkanes) is 27. The Balaban J connectivity index is 4.01. The summed E-state index contributed by atoms with van der Waals surface area (Å²) >= 11 is 0. The molecule has 0 spiro atoms. The monoisotopic (exact) mass is 713 g/mol. The van der Waals surface area contributed by atoms with Gasteiger partial charge in [0.15, 0.2) is 6.10 Å². The number of hydrogen-bond donors (Lipinski definition) is 0. The lowest BCUT2D eigenvalue weighted by Crippen LogP contribution is -2.30. The van der Waals surface area contributed by atoms with E-state index >= 15 is 0 Å². The number of esters is 2. The number of rotatable bonds is 42. The second kappa shape index (κ2) is 42.2. The largest absolute Gasteiger partial charge is 0.462 e. The molecule has 0 aliphatic carbocycles. The Kier molecular flexibility index (Phi) is 41.2. The van der Waals surface area contributed by atoms with Gasteiger partial charge >= 0.3 is 11.9 Å². The van der Waals surface area contributed by atoms with Crippen molar-refractivity contribution in [3.63, 3.8) is 0 Å². The highest BCUT2D eigenvalue weighted by molar-refractivity contribution is 5.70. The summed E-state index contributed by atoms with van der Waals surface area (Å²) < 4.78 is 27.3. The van der Waals surface area contributed by atoms with Gasteiger partial charge in [-0.05, 0) is 12.8 Å². The molecule has 0 rings (SSSR count). The van der Waals surface area contributed by atoms with E-state index in [4.69, 9.17) is 23.7 Å². The van der Waals surface area contributed by atoms with Gasteiger partial charge in [0.25, 0.3) is 0 Å². The average Bonchev–Trinajstić information content (AvgIpc) is 3.11. The summed E-state index contributed by atoms with van der Waals surface area (Å²) in [5, 5.41) is 0. The van der Waals surface area contributed by atoms with Crippen LogP contribution in [0.25, 0.3) is 0 Å². The Labute approximate surface area is 310 Å². The molecule has 0 saturated heterocycles. The molecule has 1 unspecified atom stereocenters. The molecule has 0 heterocycles. The number of hydrogen-bond acceptors (Lipinski definition) is 7. The van der Waals surface area contributed by atoms with Crippen molar-refractivity contribution in [2.24, 2.45) is 0 Å². The molecule has 0 amide bonds. The molecule has 0 aliphatic rings. The maximum absolute atomic E-state index is 12.6. The maximum atomic E-state index is 12.6. The molecule has 0 bridgehead atoms. The summed E-state index contributed by atoms with van der Waals surface area (Å²) in [6.07, 6.45) is 37.5. The first kappa shape index (κ1) is 48.8. The van der Waals surface area contributed by atoms with E-state index in [1.54, 1.807) is 7.11 Å². The predicted octanol–water partition coefficient (Wildman–Crippen LogP) is 12.3. The molecule has 1 atom stereocenters. The summed E-state index contributed by atoms with van der Waals surface area (Å²) in [4.78, 5) is 25.0. The zero-order valence-electron chi connectivity index (χ0n) is 33.6. The van der Waals surface area contributed by atoms with Crippen molar-refractivity contribution in [3.05, 3.63) is 0 Å². The van der Waals surface area contributed by atoms with E-state index in [1.165, 1.54) is 154 Å². The van der Waals surface area contributed by atoms with Gasteiger partial charge in [-0.25, -0.2) is 0 Å². The predicted molar refractivity (Wildman–Crippen MR) is 209 cm³/mol. The van der Waals surface area contributed by atoms with Crippen molar-refractivity contribution in [2.75, 3.05) is 46.8 Å². The summed E-state index contributed by atoms with van der Waals surface area (Å²) in [6.45, 7) is 6.62. The highest BCUT2D eigenvalue weighted by atomic mass is 16.6. The third-order valence-corrected chi connectivity index (χ3v) is 9.55. The minimum atomic E-state index is -0.599. The molecule has 0 aromatic heterocycles. The molecule has 298 valence electrons. The number of carbonyl (C=O) groups excluding carboxylic acids is 2. The van der Waals surface area contributed by atoms with E-state index in [-0.39, 0.29) is 25.2 Å². The van der Waals surface area contributed by atoms with Crippen molar-refractivity contribution in [1.29, 1.82) is 0 Å². The molecule has 0 aromatic carbocycles. The van der Waals surface area contributed by atoms with Crippen LogP contribution in [0.4, 0.5) is 0 Å². The Morgan fingerprint density at radius 1 is 0.400 bits per heavy atom. The van der Waals surface area contributed by atoms with Crippen molar-refractivity contribution in [2.45, 2.75) is 219 Å². The fourth-order valence-corrected chi connectivity index (χ4v) is 6.30. The third kappa shape index (κ3) is 39.6. The molecule has 0 fully saturated rings. The number of carbonyl (C=O) groups is 2. The van der Waals surface area contributed by atoms with Crippen molar-refractivity contribution in [3.8, 4) is 0 Å². The first-order valence-corrected chi connectivity index (χ1v) is 21.6. The lowest BCUT2D eigenvalue weighted by molar-refractivity contribution is -0.163. The molecule has 0 saturated carbocycles. The molecule has 7 nitrogen and oxygen atoms in total. The van der Waals surface area contributed by atoms with Crippen LogP contribution in [0.15, 0.2) is 0 Å². The molecule has 0 N–H and O–H groups in total. The lowest BCUT2D eigenvalue weighted by atomic mass is 10.0. The molecule has 0 aliphatic heterocycles. The SMILES string of the molecule is CCCCCCCCCCCCCCCCCC(=O)OCC(COCCOCCOC)OC(=O)CCCCCCCCCCCCCCCC. The number of methoxy groups -OCH3 is 1. The van der Waals surface area contributed by atoms with Crippen LogP contribution in [-0.2, 0) is 33.3 Å². The molecule has 0 radical (unpaired) electrons. The highest BCUT2D eigenvalue weighted by Gasteiger charge is 2.17. The van der Waals surface area contributed by atoms with E-state index in [0.717, 1.165) is 32.1 Å². The smallest absolute Gasteiger partial charge is 0.306 e. The molecular weight excluding hydrogens is 628 g/mol. The minimum absolute atomic E-state index is 0.0343. The summed E-state index contributed by atoms with van der Waals surface area (Å²) in [5.74, 6) is -0.469. The second-order valence-electron chi connectivity index (χ2n) is 14.5. The zero-order valence-corrected chi connectivity index (χ0v) is 33.6. The van der Waals surface area contributed by atoms with Gasteiger partial charge in [0.05, 0.1) is 33.0 Å². The fraction of sp³-hybridized carbons (Fsp3) is 0.953. The van der Waals surface area contributed by atoms with Crippen LogP contribution in [0.3, 0.4) is 0 Å². The van der Waals surface area contributed by atoms with Crippen LogP contribution in [0.1, 0.15) is 213 Å². The summed E-state index contributed by atoms with van der Waals surface area (Å²) in [5.41, 5.74) is 0. The normalized spacial score (nSPS) is 12.0. The fourth-order valence-electron chi connectivity index (χ4n) is 6.30. The van der Waals surface area contributed by atoms with Crippen LogP contribution < -0.4 is 0 Å². The van der Waals surface area contributed by atoms with E-state index in [9.17, 15) is 9.59 Å². The van der Waals surface area contributed by atoms with Crippen molar-refractivity contribution >= 4 is 11.9 Å². The average molecular weight is 713 g/mol. The van der Waals surface area contributed by atoms with Gasteiger partial charge in [-0.1, -0.05) is 187 Å². The minimum Gasteiger partial charge on any atom is -0.462 e. The van der Waals surface area contributed by atoms with Crippen LogP contribution in [0.5, 0.6) is 0 Å². The quantitative estimate of drug-likeness (QED) is 0.0460. The molecule has 7 heteroatoms. The summed E-state index contributed by atoms with van der Waals surface area (Å²) in [7, 11) is 1.64. The lowest BCUT2D eigenvalue weighted by Gasteiger charge is -2.18. The maximum Gasteiger partial charge on any atom is 0.306 e. The van der Waals surface area contributed by atoms with E-state index < -0.39 is 6.10 Å². The third-order valence-electron chi connectivity index (χ3n) is 9.55. The highest BCUT2D eigenvalue weighted by Crippen LogP contribution is 2.15. The standard InChI is InChI=1S/C43H84O7/c1-4-6-8-10-12-14-16-18-20-22-23-25-27-29-31-33-42(44)49-40-41(39-48-38-37-47-36-35-46-3)50-43(45)34-32-30-28-26-24-21-19-17-15-13-11-9-7-5-2/h41H,4-40H2,1-3H3. The van der Waals surface area contributed by atoms with Crippen LogP contribution in [0.2, 0.25) is 0 Å². The Bertz CT molecular complexity index is 686. The number of ether oxygens (including phenoxy) is 5. The molecular formula is C43H84O7. The van der Waals surface area contributed by atoms with Gasteiger partial charge in [-0.2, -0.15) is 0 Å². The van der Waals surface area contributed by atoms with Gasteiger partial charge < -0.3 is 23.7 Å². The van der Waals surface area contributed by atoms with Gasteiger partial charge in [0.1, 0.15) is 6.61 Å². The Morgan fingerprint density at radius 3 is 1.14 bits per heavy atom.